The molecule has 9 heteroatoms. The maximum atomic E-state index is 12.4. The predicted octanol–water partition coefficient (Wildman–Crippen LogP) is 2.64. The number of ether oxygens (including phenoxy) is 1. The summed E-state index contributed by atoms with van der Waals surface area (Å²) in [4.78, 5) is 12.2. The van der Waals surface area contributed by atoms with Crippen molar-refractivity contribution < 1.29 is 17.6 Å². The maximum absolute atomic E-state index is 12.4. The van der Waals surface area contributed by atoms with Crippen LogP contribution in [0.25, 0.3) is 11.3 Å². The molecule has 130 valence electrons. The van der Waals surface area contributed by atoms with Gasteiger partial charge in [0.2, 0.25) is 0 Å². The summed E-state index contributed by atoms with van der Waals surface area (Å²) in [7, 11) is -3.75. The Bertz CT molecular complexity index is 951. The molecule has 0 amide bonds. The number of rotatable bonds is 6. The molecule has 0 spiro atoms. The van der Waals surface area contributed by atoms with Crippen LogP contribution in [0.4, 0.5) is 5.69 Å². The van der Waals surface area contributed by atoms with Crippen LogP contribution in [0.2, 0.25) is 0 Å². The predicted molar refractivity (Wildman–Crippen MR) is 90.7 cm³/mol. The average Bonchev–Trinajstić information content (AvgIpc) is 3.03. The van der Waals surface area contributed by atoms with Crippen molar-refractivity contribution in [1.82, 2.24) is 15.0 Å². The van der Waals surface area contributed by atoms with Gasteiger partial charge in [0.1, 0.15) is 12.0 Å². The highest BCUT2D eigenvalue weighted by Gasteiger charge is 2.15. The zero-order valence-electron chi connectivity index (χ0n) is 13.6. The molecule has 3 rings (SSSR count). The van der Waals surface area contributed by atoms with E-state index in [1.807, 2.05) is 6.92 Å². The van der Waals surface area contributed by atoms with Gasteiger partial charge in [0.15, 0.2) is 5.89 Å². The zero-order chi connectivity index (χ0) is 17.9. The van der Waals surface area contributed by atoms with Gasteiger partial charge in [-0.05, 0) is 19.1 Å². The Morgan fingerprint density at radius 3 is 2.40 bits per heavy atom. The third kappa shape index (κ3) is 3.94. The van der Waals surface area contributed by atoms with E-state index in [0.29, 0.717) is 18.2 Å². The number of benzene rings is 1. The Morgan fingerprint density at radius 1 is 1.16 bits per heavy atom. The van der Waals surface area contributed by atoms with E-state index in [1.165, 1.54) is 30.8 Å². The van der Waals surface area contributed by atoms with Crippen molar-refractivity contribution in [1.29, 1.82) is 0 Å². The first-order chi connectivity index (χ1) is 12.0. The van der Waals surface area contributed by atoms with Gasteiger partial charge in [-0.25, -0.2) is 23.4 Å². The van der Waals surface area contributed by atoms with Gasteiger partial charge < -0.3 is 9.15 Å². The molecule has 0 aliphatic heterocycles. The SMILES string of the molecule is CCOc1ncc(NS(=O)(=O)c2ccc(-c3coc(C)n3)cc2)cn1. The minimum atomic E-state index is -3.75. The third-order valence-corrected chi connectivity index (χ3v) is 4.63. The topological polar surface area (TPSA) is 107 Å². The second-order valence-electron chi connectivity index (χ2n) is 5.07. The van der Waals surface area contributed by atoms with Gasteiger partial charge in [-0.3, -0.25) is 4.72 Å². The van der Waals surface area contributed by atoms with Crippen LogP contribution < -0.4 is 9.46 Å². The molecule has 8 nitrogen and oxygen atoms in total. The lowest BCUT2D eigenvalue weighted by Crippen LogP contribution is -2.13. The highest BCUT2D eigenvalue weighted by Crippen LogP contribution is 2.22. The highest BCUT2D eigenvalue weighted by molar-refractivity contribution is 7.92. The van der Waals surface area contributed by atoms with E-state index in [-0.39, 0.29) is 16.6 Å². The van der Waals surface area contributed by atoms with Crippen LogP contribution in [0.15, 0.2) is 52.2 Å². The van der Waals surface area contributed by atoms with E-state index in [4.69, 9.17) is 9.15 Å². The van der Waals surface area contributed by atoms with Crippen molar-refractivity contribution in [3.63, 3.8) is 0 Å². The Morgan fingerprint density at radius 2 is 1.84 bits per heavy atom. The summed E-state index contributed by atoms with van der Waals surface area (Å²) in [6.07, 6.45) is 4.22. The normalized spacial score (nSPS) is 11.3. The van der Waals surface area contributed by atoms with Gasteiger partial charge >= 0.3 is 6.01 Å². The van der Waals surface area contributed by atoms with Crippen LogP contribution in [0.1, 0.15) is 12.8 Å². The molecule has 0 aliphatic carbocycles. The molecule has 0 unspecified atom stereocenters. The van der Waals surface area contributed by atoms with Crippen LogP contribution in [0, 0.1) is 6.92 Å². The molecule has 1 N–H and O–H groups in total. The van der Waals surface area contributed by atoms with E-state index >= 15 is 0 Å². The minimum absolute atomic E-state index is 0.116. The number of nitrogens with zero attached hydrogens (tertiary/aromatic N) is 3. The molecular weight excluding hydrogens is 344 g/mol. The van der Waals surface area contributed by atoms with Crippen LogP contribution in [0.3, 0.4) is 0 Å². The first-order valence-corrected chi connectivity index (χ1v) is 8.96. The summed E-state index contributed by atoms with van der Waals surface area (Å²) < 4.78 is 37.6. The molecule has 0 fully saturated rings. The summed E-state index contributed by atoms with van der Waals surface area (Å²) in [5.74, 6) is 0.545. The number of hydrogen-bond acceptors (Lipinski definition) is 7. The minimum Gasteiger partial charge on any atom is -0.464 e. The van der Waals surface area contributed by atoms with Gasteiger partial charge in [0, 0.05) is 12.5 Å². The molecule has 0 atom stereocenters. The summed E-state index contributed by atoms with van der Waals surface area (Å²) >= 11 is 0. The van der Waals surface area contributed by atoms with Crippen LogP contribution in [-0.2, 0) is 10.0 Å². The Labute approximate surface area is 145 Å². The number of nitrogens with one attached hydrogen (secondary N) is 1. The molecule has 0 saturated heterocycles. The van der Waals surface area contributed by atoms with Gasteiger partial charge in [0.25, 0.3) is 10.0 Å². The molecule has 0 saturated carbocycles. The summed E-state index contributed by atoms with van der Waals surface area (Å²) in [5, 5.41) is 0. The monoisotopic (exact) mass is 360 g/mol. The number of hydrogen-bond donors (Lipinski definition) is 1. The van der Waals surface area contributed by atoms with Crippen LogP contribution >= 0.6 is 0 Å². The van der Waals surface area contributed by atoms with E-state index in [9.17, 15) is 8.42 Å². The molecule has 2 heterocycles. The van der Waals surface area contributed by atoms with Gasteiger partial charge in [-0.15, -0.1) is 0 Å². The fraction of sp³-hybridized carbons (Fsp3) is 0.188. The first kappa shape index (κ1) is 16.9. The lowest BCUT2D eigenvalue weighted by Gasteiger charge is -2.08. The number of aromatic nitrogens is 3. The fourth-order valence-corrected chi connectivity index (χ4v) is 3.12. The standard InChI is InChI=1S/C16H16N4O4S/c1-3-23-16-17-8-13(9-18-16)20-25(21,22)14-6-4-12(5-7-14)15-10-24-11(2)19-15/h4-10,20H,3H2,1-2H3. The van der Waals surface area contributed by atoms with Crippen molar-refractivity contribution in [2.75, 3.05) is 11.3 Å². The quantitative estimate of drug-likeness (QED) is 0.720. The summed E-state index contributed by atoms with van der Waals surface area (Å²) in [6.45, 7) is 3.98. The summed E-state index contributed by atoms with van der Waals surface area (Å²) in [5.41, 5.74) is 1.66. The lowest BCUT2D eigenvalue weighted by molar-refractivity contribution is 0.312. The van der Waals surface area contributed by atoms with E-state index in [2.05, 4.69) is 19.7 Å². The molecule has 0 bridgehead atoms. The average molecular weight is 360 g/mol. The number of anilines is 1. The van der Waals surface area contributed by atoms with Gasteiger partial charge in [-0.1, -0.05) is 12.1 Å². The van der Waals surface area contributed by atoms with Crippen molar-refractivity contribution in [3.8, 4) is 17.3 Å². The first-order valence-electron chi connectivity index (χ1n) is 7.48. The molecular formula is C16H16N4O4S. The molecule has 0 aliphatic rings. The highest BCUT2D eigenvalue weighted by atomic mass is 32.2. The largest absolute Gasteiger partial charge is 0.464 e. The van der Waals surface area contributed by atoms with Crippen LogP contribution in [0.5, 0.6) is 6.01 Å². The molecule has 1 aromatic carbocycles. The third-order valence-electron chi connectivity index (χ3n) is 3.23. The van der Waals surface area contributed by atoms with Crippen molar-refractivity contribution in [2.45, 2.75) is 18.7 Å². The zero-order valence-corrected chi connectivity index (χ0v) is 14.4. The second-order valence-corrected chi connectivity index (χ2v) is 6.75. The van der Waals surface area contributed by atoms with E-state index in [0.717, 1.165) is 5.56 Å². The van der Waals surface area contributed by atoms with Gasteiger partial charge in [-0.2, -0.15) is 0 Å². The maximum Gasteiger partial charge on any atom is 0.316 e. The van der Waals surface area contributed by atoms with E-state index < -0.39 is 10.0 Å². The van der Waals surface area contributed by atoms with Gasteiger partial charge in [0.05, 0.1) is 29.6 Å². The smallest absolute Gasteiger partial charge is 0.316 e. The summed E-state index contributed by atoms with van der Waals surface area (Å²) in [6, 6.07) is 6.52. The number of sulfonamides is 1. The van der Waals surface area contributed by atoms with Crippen molar-refractivity contribution in [3.05, 3.63) is 48.8 Å². The molecule has 2 aromatic heterocycles. The Balaban J connectivity index is 1.77. The second kappa shape index (κ2) is 6.89. The van der Waals surface area contributed by atoms with Crippen molar-refractivity contribution >= 4 is 15.7 Å². The molecule has 3 aromatic rings. The lowest BCUT2D eigenvalue weighted by atomic mass is 10.2. The number of oxazole rings is 1. The molecule has 25 heavy (non-hydrogen) atoms. The Hall–Kier alpha value is -2.94. The molecule has 0 radical (unpaired) electrons. The van der Waals surface area contributed by atoms with Crippen LogP contribution in [-0.4, -0.2) is 30.0 Å². The Kier molecular flexibility index (Phi) is 4.66. The fourth-order valence-electron chi connectivity index (χ4n) is 2.09. The number of aryl methyl sites for hydroxylation is 1. The van der Waals surface area contributed by atoms with Crippen molar-refractivity contribution in [2.24, 2.45) is 0 Å². The van der Waals surface area contributed by atoms with E-state index in [1.54, 1.807) is 19.1 Å².